The van der Waals surface area contributed by atoms with Crippen LogP contribution < -0.4 is 0 Å². The second-order valence-electron chi connectivity index (χ2n) is 6.38. The fourth-order valence-corrected chi connectivity index (χ4v) is 2.92. The molecule has 27 heavy (non-hydrogen) atoms. The highest BCUT2D eigenvalue weighted by molar-refractivity contribution is 5.90. The van der Waals surface area contributed by atoms with Crippen LogP contribution in [0.1, 0.15) is 44.7 Å². The predicted octanol–water partition coefficient (Wildman–Crippen LogP) is 2.95. The Kier molecular flexibility index (Phi) is 5.86. The molecule has 1 aliphatic rings. The summed E-state index contributed by atoms with van der Waals surface area (Å²) in [5, 5.41) is 0. The normalized spacial score (nSPS) is 13.5. The fourth-order valence-electron chi connectivity index (χ4n) is 2.92. The third kappa shape index (κ3) is 4.73. The Hall–Kier alpha value is -3.15. The highest BCUT2D eigenvalue weighted by Crippen LogP contribution is 2.15. The van der Waals surface area contributed by atoms with Crippen molar-refractivity contribution in [2.24, 2.45) is 0 Å². The lowest BCUT2D eigenvalue weighted by molar-refractivity contribution is -0.128. The van der Waals surface area contributed by atoms with Crippen molar-refractivity contribution in [2.45, 2.75) is 26.0 Å². The molecule has 6 nitrogen and oxygen atoms in total. The van der Waals surface area contributed by atoms with Crippen molar-refractivity contribution in [3.63, 3.8) is 0 Å². The number of hydrogen-bond donors (Lipinski definition) is 0. The van der Waals surface area contributed by atoms with E-state index in [2.05, 4.69) is 4.74 Å². The molecule has 0 radical (unpaired) electrons. The first-order valence-electron chi connectivity index (χ1n) is 8.78. The second kappa shape index (κ2) is 8.49. The maximum absolute atomic E-state index is 12.2. The monoisotopic (exact) mass is 367 g/mol. The number of nitrogens with zero attached hydrogens (tertiary/aromatic N) is 1. The number of amides is 1. The van der Waals surface area contributed by atoms with E-state index < -0.39 is 11.9 Å². The lowest BCUT2D eigenvalue weighted by Crippen LogP contribution is -2.23. The zero-order valence-corrected chi connectivity index (χ0v) is 15.1. The van der Waals surface area contributed by atoms with Crippen LogP contribution in [0.3, 0.4) is 0 Å². The molecule has 1 amide bonds. The van der Waals surface area contributed by atoms with Crippen LogP contribution in [0.15, 0.2) is 48.5 Å². The summed E-state index contributed by atoms with van der Waals surface area (Å²) in [5.41, 5.74) is 2.66. The first kappa shape index (κ1) is 18.6. The highest BCUT2D eigenvalue weighted by atomic mass is 16.5. The maximum atomic E-state index is 12.2. The molecule has 0 bridgehead atoms. The molecule has 1 fully saturated rings. The molecule has 2 aromatic rings. The summed E-state index contributed by atoms with van der Waals surface area (Å²) in [4.78, 5) is 37.1. The topological polar surface area (TPSA) is 72.9 Å². The van der Waals surface area contributed by atoms with Crippen molar-refractivity contribution in [1.29, 1.82) is 0 Å². The van der Waals surface area contributed by atoms with Crippen LogP contribution in [0.2, 0.25) is 0 Å². The van der Waals surface area contributed by atoms with Gasteiger partial charge in [-0.15, -0.1) is 0 Å². The van der Waals surface area contributed by atoms with Crippen LogP contribution in [0.5, 0.6) is 0 Å². The van der Waals surface area contributed by atoms with Crippen molar-refractivity contribution in [2.75, 3.05) is 13.7 Å². The van der Waals surface area contributed by atoms with E-state index in [0.29, 0.717) is 24.1 Å². The van der Waals surface area contributed by atoms with Gasteiger partial charge in [0.1, 0.15) is 6.61 Å². The number of carbonyl (C=O) groups excluding carboxylic acids is 3. The van der Waals surface area contributed by atoms with Gasteiger partial charge in [0.05, 0.1) is 18.2 Å². The summed E-state index contributed by atoms with van der Waals surface area (Å²) < 4.78 is 9.95. The molecule has 0 aromatic heterocycles. The van der Waals surface area contributed by atoms with Gasteiger partial charge < -0.3 is 14.4 Å². The zero-order chi connectivity index (χ0) is 19.2. The Bertz CT molecular complexity index is 827. The summed E-state index contributed by atoms with van der Waals surface area (Å²) in [6.45, 7) is 1.47. The molecular formula is C21H21NO5. The van der Waals surface area contributed by atoms with E-state index in [0.717, 1.165) is 24.1 Å². The summed E-state index contributed by atoms with van der Waals surface area (Å²) >= 11 is 0. The van der Waals surface area contributed by atoms with Crippen molar-refractivity contribution >= 4 is 17.8 Å². The highest BCUT2D eigenvalue weighted by Gasteiger charge is 2.20. The van der Waals surface area contributed by atoms with Gasteiger partial charge in [-0.1, -0.05) is 24.3 Å². The molecule has 6 heteroatoms. The first-order chi connectivity index (χ1) is 13.1. The summed E-state index contributed by atoms with van der Waals surface area (Å²) in [6, 6.07) is 13.8. The second-order valence-corrected chi connectivity index (χ2v) is 6.38. The Balaban J connectivity index is 1.53. The standard InChI is InChI=1S/C21H21NO5/c1-26-20(24)17-10-6-16(7-11-17)14-27-21(25)18-8-4-15(5-9-18)13-22-12-2-3-19(22)23/h4-11H,2-3,12-14H2,1H3. The number of ether oxygens (including phenoxy) is 2. The third-order valence-electron chi connectivity index (χ3n) is 4.48. The zero-order valence-electron chi connectivity index (χ0n) is 15.1. The number of benzene rings is 2. The van der Waals surface area contributed by atoms with Gasteiger partial charge in [-0.2, -0.15) is 0 Å². The fraction of sp³-hybridized carbons (Fsp3) is 0.286. The summed E-state index contributed by atoms with van der Waals surface area (Å²) in [7, 11) is 1.33. The van der Waals surface area contributed by atoms with Crippen LogP contribution in [0.25, 0.3) is 0 Å². The molecule has 0 saturated carbocycles. The van der Waals surface area contributed by atoms with Gasteiger partial charge in [0.2, 0.25) is 5.91 Å². The number of methoxy groups -OCH3 is 1. The van der Waals surface area contributed by atoms with Gasteiger partial charge >= 0.3 is 11.9 Å². The largest absolute Gasteiger partial charge is 0.465 e. The molecule has 1 aliphatic heterocycles. The number of carbonyl (C=O) groups is 3. The molecule has 0 atom stereocenters. The van der Waals surface area contributed by atoms with E-state index in [9.17, 15) is 14.4 Å². The Morgan fingerprint density at radius 2 is 1.52 bits per heavy atom. The predicted molar refractivity (Wildman–Crippen MR) is 98.0 cm³/mol. The van der Waals surface area contributed by atoms with E-state index in [1.807, 2.05) is 17.0 Å². The van der Waals surface area contributed by atoms with Crippen LogP contribution in [-0.4, -0.2) is 36.4 Å². The SMILES string of the molecule is COC(=O)c1ccc(COC(=O)c2ccc(CN3CCCC3=O)cc2)cc1. The van der Waals surface area contributed by atoms with Gasteiger partial charge in [-0.3, -0.25) is 4.79 Å². The summed E-state index contributed by atoms with van der Waals surface area (Å²) in [6.07, 6.45) is 1.52. The Morgan fingerprint density at radius 1 is 0.926 bits per heavy atom. The quantitative estimate of drug-likeness (QED) is 0.734. The smallest absolute Gasteiger partial charge is 0.338 e. The minimum absolute atomic E-state index is 0.115. The minimum atomic E-state index is -0.421. The van der Waals surface area contributed by atoms with Crippen LogP contribution in [0, 0.1) is 0 Å². The Labute approximate surface area is 157 Å². The molecule has 0 spiro atoms. The first-order valence-corrected chi connectivity index (χ1v) is 8.78. The van der Waals surface area contributed by atoms with E-state index in [1.165, 1.54) is 7.11 Å². The van der Waals surface area contributed by atoms with Crippen molar-refractivity contribution in [3.8, 4) is 0 Å². The van der Waals surface area contributed by atoms with Crippen molar-refractivity contribution in [1.82, 2.24) is 4.90 Å². The summed E-state index contributed by atoms with van der Waals surface area (Å²) in [5.74, 6) is -0.651. The molecule has 140 valence electrons. The number of rotatable bonds is 6. The molecule has 3 rings (SSSR count). The van der Waals surface area contributed by atoms with E-state index in [4.69, 9.17) is 4.74 Å². The van der Waals surface area contributed by atoms with Crippen LogP contribution >= 0.6 is 0 Å². The van der Waals surface area contributed by atoms with E-state index in [-0.39, 0.29) is 12.5 Å². The molecule has 0 N–H and O–H groups in total. The molecule has 1 saturated heterocycles. The molecule has 1 heterocycles. The van der Waals surface area contributed by atoms with Crippen molar-refractivity contribution < 1.29 is 23.9 Å². The molecule has 0 unspecified atom stereocenters. The van der Waals surface area contributed by atoms with Gasteiger partial charge in [-0.05, 0) is 41.8 Å². The number of hydrogen-bond acceptors (Lipinski definition) is 5. The van der Waals surface area contributed by atoms with Crippen molar-refractivity contribution in [3.05, 3.63) is 70.8 Å². The average molecular weight is 367 g/mol. The molecule has 2 aromatic carbocycles. The van der Waals surface area contributed by atoms with Gasteiger partial charge in [0.15, 0.2) is 0 Å². The van der Waals surface area contributed by atoms with Gasteiger partial charge in [0, 0.05) is 19.5 Å². The lowest BCUT2D eigenvalue weighted by atomic mass is 10.1. The van der Waals surface area contributed by atoms with Gasteiger partial charge in [-0.25, -0.2) is 9.59 Å². The maximum Gasteiger partial charge on any atom is 0.338 e. The lowest BCUT2D eigenvalue weighted by Gasteiger charge is -2.15. The van der Waals surface area contributed by atoms with Gasteiger partial charge in [0.25, 0.3) is 0 Å². The van der Waals surface area contributed by atoms with Crippen LogP contribution in [-0.2, 0) is 27.4 Å². The number of likely N-dealkylation sites (tertiary alicyclic amines) is 1. The van der Waals surface area contributed by atoms with E-state index >= 15 is 0 Å². The van der Waals surface area contributed by atoms with E-state index in [1.54, 1.807) is 36.4 Å². The molecule has 0 aliphatic carbocycles. The Morgan fingerprint density at radius 3 is 2.07 bits per heavy atom. The number of esters is 2. The third-order valence-corrected chi connectivity index (χ3v) is 4.48. The molecular weight excluding hydrogens is 346 g/mol. The minimum Gasteiger partial charge on any atom is -0.465 e. The average Bonchev–Trinajstić information content (AvgIpc) is 3.11. The van der Waals surface area contributed by atoms with Crippen LogP contribution in [0.4, 0.5) is 0 Å².